The summed E-state index contributed by atoms with van der Waals surface area (Å²) in [4.78, 5) is 22.7. The molecular weight excluding hydrogens is 248 g/mol. The van der Waals surface area contributed by atoms with E-state index in [1.165, 1.54) is 26.4 Å². The lowest BCUT2D eigenvalue weighted by atomic mass is 9.97. The molecule has 110 valence electrons. The summed E-state index contributed by atoms with van der Waals surface area (Å²) in [6.45, 7) is -0.0343. The van der Waals surface area contributed by atoms with Gasteiger partial charge in [0.15, 0.2) is 6.04 Å². The van der Waals surface area contributed by atoms with Crippen molar-refractivity contribution in [3.63, 3.8) is 0 Å². The van der Waals surface area contributed by atoms with Crippen LogP contribution in [0.5, 0.6) is 0 Å². The van der Waals surface area contributed by atoms with Crippen molar-refractivity contribution in [1.29, 1.82) is 0 Å². The molecule has 0 aliphatic heterocycles. The number of carboxylic acid groups (broad SMARTS) is 1. The van der Waals surface area contributed by atoms with Crippen LogP contribution in [0.15, 0.2) is 0 Å². The number of hydrogen-bond donors (Lipinski definition) is 3. The van der Waals surface area contributed by atoms with Crippen LogP contribution in [0.2, 0.25) is 0 Å². The minimum atomic E-state index is -1.09. The quantitative estimate of drug-likeness (QED) is 0.707. The van der Waals surface area contributed by atoms with Gasteiger partial charge in [-0.1, -0.05) is 32.1 Å². The van der Waals surface area contributed by atoms with Crippen molar-refractivity contribution >= 4 is 12.0 Å². The van der Waals surface area contributed by atoms with E-state index < -0.39 is 18.0 Å². The van der Waals surface area contributed by atoms with Crippen LogP contribution >= 0.6 is 0 Å². The van der Waals surface area contributed by atoms with Gasteiger partial charge in [-0.15, -0.1) is 0 Å². The lowest BCUT2D eigenvalue weighted by Crippen LogP contribution is -2.50. The molecule has 1 atom stereocenters. The van der Waals surface area contributed by atoms with E-state index in [0.29, 0.717) is 0 Å². The van der Waals surface area contributed by atoms with Crippen molar-refractivity contribution in [1.82, 2.24) is 10.6 Å². The highest BCUT2D eigenvalue weighted by atomic mass is 16.5. The van der Waals surface area contributed by atoms with E-state index >= 15 is 0 Å². The van der Waals surface area contributed by atoms with E-state index in [9.17, 15) is 9.59 Å². The van der Waals surface area contributed by atoms with Gasteiger partial charge in [-0.25, -0.2) is 9.59 Å². The standard InChI is InChI=1S/C13H24N2O4/c1-19-9-11(12(16)17)15-13(18)14-10-7-5-3-2-4-6-8-10/h10-11H,2-9H2,1H3,(H,16,17)(H2,14,15,18). The van der Waals surface area contributed by atoms with Gasteiger partial charge in [0.05, 0.1) is 6.61 Å². The van der Waals surface area contributed by atoms with Gasteiger partial charge < -0.3 is 20.5 Å². The molecule has 0 aromatic rings. The molecule has 0 heterocycles. The maximum atomic E-state index is 11.8. The molecule has 0 radical (unpaired) electrons. The molecule has 2 amide bonds. The average molecular weight is 272 g/mol. The largest absolute Gasteiger partial charge is 0.480 e. The summed E-state index contributed by atoms with van der Waals surface area (Å²) in [5.41, 5.74) is 0. The third-order valence-corrected chi connectivity index (χ3v) is 3.38. The first-order valence-electron chi connectivity index (χ1n) is 6.92. The van der Waals surface area contributed by atoms with E-state index in [1.807, 2.05) is 0 Å². The SMILES string of the molecule is COCC(NC(=O)NC1CCCCCCC1)C(=O)O. The van der Waals surface area contributed by atoms with Crippen molar-refractivity contribution in [3.05, 3.63) is 0 Å². The fourth-order valence-corrected chi connectivity index (χ4v) is 2.33. The zero-order valence-electron chi connectivity index (χ0n) is 11.5. The van der Waals surface area contributed by atoms with Crippen molar-refractivity contribution in [3.8, 4) is 0 Å². The zero-order chi connectivity index (χ0) is 14.1. The number of aliphatic carboxylic acids is 1. The summed E-state index contributed by atoms with van der Waals surface area (Å²) in [7, 11) is 1.41. The number of carboxylic acids is 1. The highest BCUT2D eigenvalue weighted by Gasteiger charge is 2.21. The van der Waals surface area contributed by atoms with Gasteiger partial charge in [0, 0.05) is 13.2 Å². The Bertz CT molecular complexity index is 288. The van der Waals surface area contributed by atoms with Crippen LogP contribution in [0.4, 0.5) is 4.79 Å². The van der Waals surface area contributed by atoms with E-state index in [2.05, 4.69) is 10.6 Å². The summed E-state index contributed by atoms with van der Waals surface area (Å²) in [6.07, 6.45) is 7.86. The van der Waals surface area contributed by atoms with Crippen molar-refractivity contribution < 1.29 is 19.4 Å². The van der Waals surface area contributed by atoms with Gasteiger partial charge in [-0.05, 0) is 12.8 Å². The normalized spacial score (nSPS) is 19.0. The van der Waals surface area contributed by atoms with Gasteiger partial charge in [-0.3, -0.25) is 0 Å². The maximum absolute atomic E-state index is 11.8. The Kier molecular flexibility index (Phi) is 7.25. The molecule has 3 N–H and O–H groups in total. The number of urea groups is 1. The lowest BCUT2D eigenvalue weighted by molar-refractivity contribution is -0.140. The Hall–Kier alpha value is -1.30. The summed E-state index contributed by atoms with van der Waals surface area (Å²) in [5, 5.41) is 14.2. The summed E-state index contributed by atoms with van der Waals surface area (Å²) in [5.74, 6) is -1.09. The molecule has 0 bridgehead atoms. The number of carbonyl (C=O) groups excluding carboxylic acids is 1. The molecule has 1 aliphatic rings. The third-order valence-electron chi connectivity index (χ3n) is 3.38. The number of ether oxygens (including phenoxy) is 1. The van der Waals surface area contributed by atoms with Crippen LogP contribution in [0.3, 0.4) is 0 Å². The molecule has 1 rings (SSSR count). The number of nitrogens with one attached hydrogen (secondary N) is 2. The third kappa shape index (κ3) is 6.42. The van der Waals surface area contributed by atoms with E-state index in [4.69, 9.17) is 9.84 Å². The maximum Gasteiger partial charge on any atom is 0.328 e. The molecule has 0 aromatic heterocycles. The van der Waals surface area contributed by atoms with Crippen LogP contribution in [-0.4, -0.2) is 42.9 Å². The van der Waals surface area contributed by atoms with Crippen LogP contribution in [-0.2, 0) is 9.53 Å². The van der Waals surface area contributed by atoms with Crippen molar-refractivity contribution in [2.75, 3.05) is 13.7 Å². The number of rotatable bonds is 5. The van der Waals surface area contributed by atoms with E-state index in [0.717, 1.165) is 25.7 Å². The molecular formula is C13H24N2O4. The first kappa shape index (κ1) is 15.8. The van der Waals surface area contributed by atoms with Crippen molar-refractivity contribution in [2.24, 2.45) is 0 Å². The molecule has 0 saturated heterocycles. The first-order valence-corrected chi connectivity index (χ1v) is 6.92. The molecule has 0 aromatic carbocycles. The highest BCUT2D eigenvalue weighted by Crippen LogP contribution is 2.16. The van der Waals surface area contributed by atoms with Crippen molar-refractivity contribution in [2.45, 2.75) is 57.0 Å². The number of hydrogen-bond acceptors (Lipinski definition) is 3. The Morgan fingerprint density at radius 1 is 1.21 bits per heavy atom. The molecule has 1 aliphatic carbocycles. The van der Waals surface area contributed by atoms with Crippen LogP contribution < -0.4 is 10.6 Å². The minimum Gasteiger partial charge on any atom is -0.480 e. The van der Waals surface area contributed by atoms with Gasteiger partial charge in [-0.2, -0.15) is 0 Å². The average Bonchev–Trinajstić information content (AvgIpc) is 2.31. The van der Waals surface area contributed by atoms with Gasteiger partial charge in [0.1, 0.15) is 0 Å². The number of amides is 2. The van der Waals surface area contributed by atoms with Gasteiger partial charge >= 0.3 is 12.0 Å². The minimum absolute atomic E-state index is 0.0343. The molecule has 19 heavy (non-hydrogen) atoms. The smallest absolute Gasteiger partial charge is 0.328 e. The fourth-order valence-electron chi connectivity index (χ4n) is 2.33. The molecule has 6 nitrogen and oxygen atoms in total. The summed E-state index contributed by atoms with van der Waals surface area (Å²) in [6, 6.07) is -1.27. The highest BCUT2D eigenvalue weighted by molar-refractivity contribution is 5.82. The molecule has 1 unspecified atom stereocenters. The molecule has 6 heteroatoms. The predicted octanol–water partition coefficient (Wildman–Crippen LogP) is 1.50. The second-order valence-electron chi connectivity index (χ2n) is 5.01. The lowest BCUT2D eigenvalue weighted by Gasteiger charge is -2.22. The number of carbonyl (C=O) groups is 2. The Balaban J connectivity index is 2.37. The number of methoxy groups -OCH3 is 1. The van der Waals surface area contributed by atoms with Crippen LogP contribution in [0.25, 0.3) is 0 Å². The van der Waals surface area contributed by atoms with Gasteiger partial charge in [0.2, 0.25) is 0 Å². The van der Waals surface area contributed by atoms with Crippen LogP contribution in [0.1, 0.15) is 44.9 Å². The second-order valence-corrected chi connectivity index (χ2v) is 5.01. The van der Waals surface area contributed by atoms with E-state index in [1.54, 1.807) is 0 Å². The van der Waals surface area contributed by atoms with Gasteiger partial charge in [0.25, 0.3) is 0 Å². The fraction of sp³-hybridized carbons (Fsp3) is 0.846. The topological polar surface area (TPSA) is 87.7 Å². The Morgan fingerprint density at radius 2 is 1.79 bits per heavy atom. The molecule has 1 saturated carbocycles. The predicted molar refractivity (Wildman–Crippen MR) is 71.1 cm³/mol. The first-order chi connectivity index (χ1) is 9.13. The van der Waals surface area contributed by atoms with E-state index in [-0.39, 0.29) is 12.6 Å². The molecule has 1 fully saturated rings. The Morgan fingerprint density at radius 3 is 2.32 bits per heavy atom. The monoisotopic (exact) mass is 272 g/mol. The summed E-state index contributed by atoms with van der Waals surface area (Å²) >= 11 is 0. The van der Waals surface area contributed by atoms with Crippen LogP contribution in [0, 0.1) is 0 Å². The molecule has 0 spiro atoms. The second kappa shape index (κ2) is 8.74. The summed E-state index contributed by atoms with van der Waals surface area (Å²) < 4.78 is 4.77. The zero-order valence-corrected chi connectivity index (χ0v) is 11.5. The Labute approximate surface area is 113 Å².